The van der Waals surface area contributed by atoms with E-state index >= 15 is 0 Å². The van der Waals surface area contributed by atoms with Crippen LogP contribution in [0.1, 0.15) is 34.6 Å². The number of carbonyl (C=O) groups is 1. The standard InChI is InChI=1S/C13H12ClN3O2/c14-11-8(13(18)19)5-6-15-12(11)17-7-16-9-3-1-2-4-10(9)17/h5-7H,1-4H2,(H,18,19). The third kappa shape index (κ3) is 2.00. The molecule has 0 fully saturated rings. The van der Waals surface area contributed by atoms with E-state index in [9.17, 15) is 4.79 Å². The molecule has 0 saturated heterocycles. The van der Waals surface area contributed by atoms with Crippen molar-refractivity contribution in [3.63, 3.8) is 0 Å². The molecule has 0 amide bonds. The first-order chi connectivity index (χ1) is 9.18. The number of hydrogen-bond donors (Lipinski definition) is 1. The van der Waals surface area contributed by atoms with Gasteiger partial charge in [0.15, 0.2) is 5.82 Å². The van der Waals surface area contributed by atoms with Crippen molar-refractivity contribution in [1.29, 1.82) is 0 Å². The van der Waals surface area contributed by atoms with Gasteiger partial charge in [-0.2, -0.15) is 0 Å². The lowest BCUT2D eigenvalue weighted by molar-refractivity contribution is 0.0697. The van der Waals surface area contributed by atoms with E-state index in [0.717, 1.165) is 37.1 Å². The van der Waals surface area contributed by atoms with Crippen LogP contribution in [0, 0.1) is 0 Å². The highest BCUT2D eigenvalue weighted by Gasteiger charge is 2.20. The first kappa shape index (κ1) is 12.2. The van der Waals surface area contributed by atoms with Crippen LogP contribution in [0.2, 0.25) is 5.02 Å². The minimum atomic E-state index is -1.05. The summed E-state index contributed by atoms with van der Waals surface area (Å²) in [6.45, 7) is 0. The predicted molar refractivity (Wildman–Crippen MR) is 70.0 cm³/mol. The summed E-state index contributed by atoms with van der Waals surface area (Å²) in [7, 11) is 0. The molecule has 98 valence electrons. The maximum Gasteiger partial charge on any atom is 0.337 e. The Hall–Kier alpha value is -1.88. The fourth-order valence-electron chi connectivity index (χ4n) is 2.42. The molecule has 1 aliphatic rings. The second-order valence-electron chi connectivity index (χ2n) is 4.52. The van der Waals surface area contributed by atoms with Crippen molar-refractivity contribution in [3.05, 3.63) is 40.6 Å². The number of imidazole rings is 1. The number of pyridine rings is 1. The Balaban J connectivity index is 2.15. The van der Waals surface area contributed by atoms with Crippen molar-refractivity contribution in [3.8, 4) is 5.82 Å². The molecule has 1 N–H and O–H groups in total. The number of hydrogen-bond acceptors (Lipinski definition) is 3. The second-order valence-corrected chi connectivity index (χ2v) is 4.89. The molecular formula is C13H12ClN3O2. The molecule has 1 aliphatic carbocycles. The monoisotopic (exact) mass is 277 g/mol. The molecule has 3 rings (SSSR count). The Bertz CT molecular complexity index is 651. The van der Waals surface area contributed by atoms with Crippen molar-refractivity contribution < 1.29 is 9.90 Å². The molecule has 0 unspecified atom stereocenters. The van der Waals surface area contributed by atoms with Gasteiger partial charge in [-0.3, -0.25) is 4.57 Å². The zero-order valence-corrected chi connectivity index (χ0v) is 10.9. The van der Waals surface area contributed by atoms with Crippen LogP contribution in [0.5, 0.6) is 0 Å². The molecular weight excluding hydrogens is 266 g/mol. The number of carboxylic acids is 1. The van der Waals surface area contributed by atoms with Crippen molar-refractivity contribution in [1.82, 2.24) is 14.5 Å². The first-order valence-electron chi connectivity index (χ1n) is 6.11. The van der Waals surface area contributed by atoms with E-state index in [1.165, 1.54) is 12.3 Å². The molecule has 0 aromatic carbocycles. The number of aromatic carboxylic acids is 1. The summed E-state index contributed by atoms with van der Waals surface area (Å²) in [5.41, 5.74) is 2.21. The van der Waals surface area contributed by atoms with E-state index in [0.29, 0.717) is 5.82 Å². The molecule has 0 aliphatic heterocycles. The molecule has 0 radical (unpaired) electrons. The van der Waals surface area contributed by atoms with Crippen molar-refractivity contribution in [2.75, 3.05) is 0 Å². The topological polar surface area (TPSA) is 68.0 Å². The molecule has 2 aromatic heterocycles. The quantitative estimate of drug-likeness (QED) is 0.916. The fourth-order valence-corrected chi connectivity index (χ4v) is 2.70. The number of halogens is 1. The number of aryl methyl sites for hydroxylation is 1. The zero-order valence-electron chi connectivity index (χ0n) is 10.1. The first-order valence-corrected chi connectivity index (χ1v) is 6.49. The van der Waals surface area contributed by atoms with Gasteiger partial charge in [0.05, 0.1) is 16.3 Å². The average Bonchev–Trinajstić information content (AvgIpc) is 2.82. The third-order valence-corrected chi connectivity index (χ3v) is 3.73. The zero-order chi connectivity index (χ0) is 13.4. The summed E-state index contributed by atoms with van der Waals surface area (Å²) in [4.78, 5) is 19.7. The molecule has 0 spiro atoms. The highest BCUT2D eigenvalue weighted by Crippen LogP contribution is 2.27. The SMILES string of the molecule is O=C(O)c1ccnc(-n2cnc3c2CCCC3)c1Cl. The van der Waals surface area contributed by atoms with Crippen LogP contribution in [0.4, 0.5) is 0 Å². The van der Waals surface area contributed by atoms with Gasteiger partial charge in [-0.05, 0) is 31.7 Å². The lowest BCUT2D eigenvalue weighted by atomic mass is 10.0. The Morgan fingerprint density at radius 3 is 2.89 bits per heavy atom. The van der Waals surface area contributed by atoms with Crippen LogP contribution in [0.25, 0.3) is 5.82 Å². The Kier molecular flexibility index (Phi) is 2.98. The van der Waals surface area contributed by atoms with Crippen LogP contribution >= 0.6 is 11.6 Å². The molecule has 19 heavy (non-hydrogen) atoms. The maximum atomic E-state index is 11.1. The minimum Gasteiger partial charge on any atom is -0.478 e. The Morgan fingerprint density at radius 1 is 1.32 bits per heavy atom. The third-order valence-electron chi connectivity index (χ3n) is 3.36. The van der Waals surface area contributed by atoms with Gasteiger partial charge in [-0.25, -0.2) is 14.8 Å². The number of aromatic nitrogens is 3. The summed E-state index contributed by atoms with van der Waals surface area (Å²) in [6.07, 6.45) is 7.26. The summed E-state index contributed by atoms with van der Waals surface area (Å²) in [5, 5.41) is 9.24. The molecule has 0 atom stereocenters. The maximum absolute atomic E-state index is 11.1. The van der Waals surface area contributed by atoms with Gasteiger partial charge in [0, 0.05) is 11.9 Å². The van der Waals surface area contributed by atoms with Gasteiger partial charge in [0.1, 0.15) is 6.33 Å². The average molecular weight is 278 g/mol. The summed E-state index contributed by atoms with van der Waals surface area (Å²) in [6, 6.07) is 1.40. The van der Waals surface area contributed by atoms with Gasteiger partial charge in [-0.15, -0.1) is 0 Å². The molecule has 0 saturated carbocycles. The Labute approximate surface area is 114 Å². The van der Waals surface area contributed by atoms with Crippen LogP contribution in [0.15, 0.2) is 18.6 Å². The highest BCUT2D eigenvalue weighted by molar-refractivity contribution is 6.35. The van der Waals surface area contributed by atoms with E-state index in [2.05, 4.69) is 9.97 Å². The van der Waals surface area contributed by atoms with E-state index < -0.39 is 5.97 Å². The van der Waals surface area contributed by atoms with Gasteiger partial charge in [-0.1, -0.05) is 11.6 Å². The van der Waals surface area contributed by atoms with E-state index in [4.69, 9.17) is 16.7 Å². The molecule has 5 nitrogen and oxygen atoms in total. The summed E-state index contributed by atoms with van der Waals surface area (Å²) in [5.74, 6) is -0.611. The predicted octanol–water partition coefficient (Wildman–Crippen LogP) is 2.50. The van der Waals surface area contributed by atoms with Crippen LogP contribution in [-0.4, -0.2) is 25.6 Å². The number of carboxylic acid groups (broad SMARTS) is 1. The van der Waals surface area contributed by atoms with E-state index in [1.54, 1.807) is 6.33 Å². The van der Waals surface area contributed by atoms with E-state index in [1.807, 2.05) is 4.57 Å². The number of nitrogens with zero attached hydrogens (tertiary/aromatic N) is 3. The lowest BCUT2D eigenvalue weighted by Crippen LogP contribution is -2.10. The van der Waals surface area contributed by atoms with Crippen LogP contribution in [-0.2, 0) is 12.8 Å². The molecule has 2 heterocycles. The summed E-state index contributed by atoms with van der Waals surface area (Å²) >= 11 is 6.15. The lowest BCUT2D eigenvalue weighted by Gasteiger charge is -2.14. The van der Waals surface area contributed by atoms with E-state index in [-0.39, 0.29) is 10.6 Å². The smallest absolute Gasteiger partial charge is 0.337 e. The van der Waals surface area contributed by atoms with Crippen LogP contribution < -0.4 is 0 Å². The summed E-state index contributed by atoms with van der Waals surface area (Å²) < 4.78 is 1.81. The normalized spacial score (nSPS) is 14.2. The molecule has 6 heteroatoms. The molecule has 0 bridgehead atoms. The van der Waals surface area contributed by atoms with Gasteiger partial charge in [0.2, 0.25) is 0 Å². The second kappa shape index (κ2) is 4.66. The molecule has 2 aromatic rings. The van der Waals surface area contributed by atoms with Crippen molar-refractivity contribution >= 4 is 17.6 Å². The van der Waals surface area contributed by atoms with Crippen LogP contribution in [0.3, 0.4) is 0 Å². The number of fused-ring (bicyclic) bond motifs is 1. The van der Waals surface area contributed by atoms with Crippen molar-refractivity contribution in [2.24, 2.45) is 0 Å². The highest BCUT2D eigenvalue weighted by atomic mass is 35.5. The number of rotatable bonds is 2. The fraction of sp³-hybridized carbons (Fsp3) is 0.308. The Morgan fingerprint density at radius 2 is 2.11 bits per heavy atom. The van der Waals surface area contributed by atoms with Crippen molar-refractivity contribution in [2.45, 2.75) is 25.7 Å². The minimum absolute atomic E-state index is 0.0601. The van der Waals surface area contributed by atoms with Gasteiger partial charge < -0.3 is 5.11 Å². The van der Waals surface area contributed by atoms with Gasteiger partial charge >= 0.3 is 5.97 Å². The largest absolute Gasteiger partial charge is 0.478 e. The van der Waals surface area contributed by atoms with Gasteiger partial charge in [0.25, 0.3) is 0 Å².